The van der Waals surface area contributed by atoms with Crippen LogP contribution in [0.25, 0.3) is 6.08 Å². The Morgan fingerprint density at radius 3 is 2.57 bits per heavy atom. The summed E-state index contributed by atoms with van der Waals surface area (Å²) < 4.78 is 5.09. The quantitative estimate of drug-likeness (QED) is 0.655. The normalized spacial score (nSPS) is 10.4. The van der Waals surface area contributed by atoms with Crippen molar-refractivity contribution in [2.24, 2.45) is 0 Å². The minimum Gasteiger partial charge on any atom is -0.467 e. The summed E-state index contributed by atoms with van der Waals surface area (Å²) in [5.41, 5.74) is 0.822. The van der Waals surface area contributed by atoms with Gasteiger partial charge in [0.1, 0.15) is 12.0 Å². The average Bonchev–Trinajstić information content (AvgIpc) is 3.10. The van der Waals surface area contributed by atoms with Gasteiger partial charge in [0, 0.05) is 6.08 Å². The summed E-state index contributed by atoms with van der Waals surface area (Å²) in [6.45, 7) is -0.182. The van der Waals surface area contributed by atoms with E-state index in [2.05, 4.69) is 5.32 Å². The van der Waals surface area contributed by atoms with Crippen LogP contribution in [0.4, 0.5) is 4.79 Å². The Morgan fingerprint density at radius 1 is 1.13 bits per heavy atom. The molecule has 2 aromatic rings. The molecular formula is C17H16N2O4. The Bertz CT molecular complexity index is 678. The van der Waals surface area contributed by atoms with Crippen molar-refractivity contribution in [1.29, 1.82) is 0 Å². The molecule has 0 saturated carbocycles. The number of aldehydes is 1. The molecule has 1 N–H and O–H groups in total. The maximum Gasteiger partial charge on any atom is 0.325 e. The topological polar surface area (TPSA) is 79.6 Å². The van der Waals surface area contributed by atoms with Gasteiger partial charge >= 0.3 is 6.03 Å². The number of benzene rings is 1. The van der Waals surface area contributed by atoms with E-state index in [1.807, 2.05) is 30.3 Å². The molecule has 6 nitrogen and oxygen atoms in total. The third kappa shape index (κ3) is 4.96. The van der Waals surface area contributed by atoms with Gasteiger partial charge in [0.05, 0.1) is 19.4 Å². The van der Waals surface area contributed by atoms with Gasteiger partial charge in [0.2, 0.25) is 0 Å². The van der Waals surface area contributed by atoms with Gasteiger partial charge in [-0.1, -0.05) is 30.3 Å². The molecule has 0 atom stereocenters. The number of carbonyl (C=O) groups is 3. The number of carbonyl (C=O) groups excluding carboxylic acids is 3. The zero-order valence-electron chi connectivity index (χ0n) is 12.3. The number of furan rings is 1. The highest BCUT2D eigenvalue weighted by Crippen LogP contribution is 2.03. The Hall–Kier alpha value is -3.15. The van der Waals surface area contributed by atoms with Crippen molar-refractivity contribution in [2.75, 3.05) is 6.54 Å². The van der Waals surface area contributed by atoms with E-state index < -0.39 is 11.9 Å². The van der Waals surface area contributed by atoms with Gasteiger partial charge in [-0.15, -0.1) is 0 Å². The molecule has 23 heavy (non-hydrogen) atoms. The second kappa shape index (κ2) is 8.33. The average molecular weight is 312 g/mol. The van der Waals surface area contributed by atoms with Crippen LogP contribution in [-0.4, -0.2) is 29.7 Å². The summed E-state index contributed by atoms with van der Waals surface area (Å²) in [7, 11) is 0. The first-order valence-electron chi connectivity index (χ1n) is 6.99. The summed E-state index contributed by atoms with van der Waals surface area (Å²) >= 11 is 0. The van der Waals surface area contributed by atoms with E-state index in [4.69, 9.17) is 4.42 Å². The first-order valence-corrected chi connectivity index (χ1v) is 6.99. The zero-order valence-corrected chi connectivity index (χ0v) is 12.3. The van der Waals surface area contributed by atoms with E-state index in [9.17, 15) is 14.4 Å². The molecule has 1 aromatic carbocycles. The summed E-state index contributed by atoms with van der Waals surface area (Å²) in [6, 6.07) is 11.9. The highest BCUT2D eigenvalue weighted by atomic mass is 16.3. The predicted molar refractivity (Wildman–Crippen MR) is 84.2 cm³/mol. The first kappa shape index (κ1) is 16.2. The Morgan fingerprint density at radius 2 is 1.91 bits per heavy atom. The lowest BCUT2D eigenvalue weighted by Gasteiger charge is -2.16. The molecule has 3 amide bonds. The number of amides is 3. The van der Waals surface area contributed by atoms with Gasteiger partial charge in [0.25, 0.3) is 5.91 Å². The summed E-state index contributed by atoms with van der Waals surface area (Å²) in [6.07, 6.45) is 4.82. The van der Waals surface area contributed by atoms with Crippen LogP contribution < -0.4 is 5.32 Å². The van der Waals surface area contributed by atoms with Crippen molar-refractivity contribution < 1.29 is 18.8 Å². The SMILES string of the molecule is O=CCN(C(=O)/C=C/c1ccccc1)C(=O)NCc1ccco1. The van der Waals surface area contributed by atoms with E-state index in [0.717, 1.165) is 10.5 Å². The summed E-state index contributed by atoms with van der Waals surface area (Å²) in [4.78, 5) is 35.7. The summed E-state index contributed by atoms with van der Waals surface area (Å²) in [5, 5.41) is 2.53. The number of urea groups is 1. The van der Waals surface area contributed by atoms with Gasteiger partial charge in [-0.05, 0) is 23.8 Å². The Labute approximate surface area is 133 Å². The minimum absolute atomic E-state index is 0.136. The molecule has 118 valence electrons. The van der Waals surface area contributed by atoms with Crippen LogP contribution in [0.2, 0.25) is 0 Å². The van der Waals surface area contributed by atoms with E-state index in [1.54, 1.807) is 18.2 Å². The fraction of sp³-hybridized carbons (Fsp3) is 0.118. The fourth-order valence-electron chi connectivity index (χ4n) is 1.84. The Kier molecular flexibility index (Phi) is 5.88. The van der Waals surface area contributed by atoms with Gasteiger partial charge in [0.15, 0.2) is 0 Å². The molecule has 0 aliphatic rings. The third-order valence-corrected chi connectivity index (χ3v) is 2.98. The number of nitrogens with zero attached hydrogens (tertiary/aromatic N) is 1. The van der Waals surface area contributed by atoms with Crippen molar-refractivity contribution in [3.05, 3.63) is 66.1 Å². The van der Waals surface area contributed by atoms with Crippen LogP contribution in [0.5, 0.6) is 0 Å². The lowest BCUT2D eigenvalue weighted by molar-refractivity contribution is -0.125. The number of nitrogens with one attached hydrogen (secondary N) is 1. The lowest BCUT2D eigenvalue weighted by Crippen LogP contribution is -2.43. The molecular weight excluding hydrogens is 296 g/mol. The van der Waals surface area contributed by atoms with E-state index in [-0.39, 0.29) is 13.1 Å². The molecule has 0 unspecified atom stereocenters. The monoisotopic (exact) mass is 312 g/mol. The van der Waals surface area contributed by atoms with Gasteiger partial charge < -0.3 is 14.5 Å². The standard InChI is InChI=1S/C17H16N2O4/c20-11-10-19(17(22)18-13-15-7-4-12-23-15)16(21)9-8-14-5-2-1-3-6-14/h1-9,11-12H,10,13H2,(H,18,22)/b9-8+. The molecule has 0 radical (unpaired) electrons. The smallest absolute Gasteiger partial charge is 0.325 e. The maximum atomic E-state index is 12.1. The number of imide groups is 1. The van der Waals surface area contributed by atoms with Crippen molar-refractivity contribution in [1.82, 2.24) is 10.2 Å². The van der Waals surface area contributed by atoms with E-state index >= 15 is 0 Å². The molecule has 1 heterocycles. The first-order chi connectivity index (χ1) is 11.2. The van der Waals surface area contributed by atoms with Crippen LogP contribution in [0.3, 0.4) is 0 Å². The van der Waals surface area contributed by atoms with Gasteiger partial charge in [-0.2, -0.15) is 0 Å². The van der Waals surface area contributed by atoms with Crippen LogP contribution in [0.1, 0.15) is 11.3 Å². The zero-order chi connectivity index (χ0) is 16.5. The fourth-order valence-corrected chi connectivity index (χ4v) is 1.84. The lowest BCUT2D eigenvalue weighted by atomic mass is 10.2. The molecule has 0 fully saturated rings. The van der Waals surface area contributed by atoms with E-state index in [1.165, 1.54) is 12.3 Å². The Balaban J connectivity index is 1.98. The highest BCUT2D eigenvalue weighted by Gasteiger charge is 2.18. The molecule has 0 aliphatic heterocycles. The number of hydrogen-bond acceptors (Lipinski definition) is 4. The van der Waals surface area contributed by atoms with E-state index in [0.29, 0.717) is 12.0 Å². The minimum atomic E-state index is -0.656. The van der Waals surface area contributed by atoms with Crippen LogP contribution in [-0.2, 0) is 16.1 Å². The molecule has 0 aliphatic carbocycles. The van der Waals surface area contributed by atoms with Gasteiger partial charge in [-0.3, -0.25) is 9.69 Å². The molecule has 0 spiro atoms. The van der Waals surface area contributed by atoms with Crippen LogP contribution in [0, 0.1) is 0 Å². The molecule has 6 heteroatoms. The second-order valence-corrected chi connectivity index (χ2v) is 4.60. The predicted octanol–water partition coefficient (Wildman–Crippen LogP) is 2.23. The molecule has 2 rings (SSSR count). The van der Waals surface area contributed by atoms with Gasteiger partial charge in [-0.25, -0.2) is 4.79 Å². The van der Waals surface area contributed by atoms with Crippen LogP contribution in [0.15, 0.2) is 59.2 Å². The molecule has 0 saturated heterocycles. The highest BCUT2D eigenvalue weighted by molar-refractivity contribution is 6.03. The number of rotatable bonds is 6. The molecule has 1 aromatic heterocycles. The third-order valence-electron chi connectivity index (χ3n) is 2.98. The maximum absolute atomic E-state index is 12.1. The summed E-state index contributed by atoms with van der Waals surface area (Å²) in [5.74, 6) is -0.0189. The second-order valence-electron chi connectivity index (χ2n) is 4.60. The van der Waals surface area contributed by atoms with Crippen molar-refractivity contribution in [2.45, 2.75) is 6.54 Å². The van der Waals surface area contributed by atoms with Crippen molar-refractivity contribution in [3.8, 4) is 0 Å². The van der Waals surface area contributed by atoms with Crippen LogP contribution >= 0.6 is 0 Å². The molecule has 0 bridgehead atoms. The van der Waals surface area contributed by atoms with Crippen molar-refractivity contribution in [3.63, 3.8) is 0 Å². The van der Waals surface area contributed by atoms with Crippen molar-refractivity contribution >= 4 is 24.3 Å². The number of hydrogen-bond donors (Lipinski definition) is 1. The largest absolute Gasteiger partial charge is 0.467 e.